The van der Waals surface area contributed by atoms with E-state index in [1.807, 2.05) is 31.3 Å². The van der Waals surface area contributed by atoms with Crippen molar-refractivity contribution in [3.63, 3.8) is 0 Å². The van der Waals surface area contributed by atoms with Gasteiger partial charge >= 0.3 is 0 Å². The summed E-state index contributed by atoms with van der Waals surface area (Å²) in [5, 5.41) is 0. The number of nitrogens with two attached hydrogens (primary N) is 1. The van der Waals surface area contributed by atoms with Crippen molar-refractivity contribution in [1.82, 2.24) is 4.90 Å². The summed E-state index contributed by atoms with van der Waals surface area (Å²) in [6.07, 6.45) is 1.83. The third kappa shape index (κ3) is 4.01. The maximum Gasteiger partial charge on any atom is 0.255 e. The molecule has 0 saturated heterocycles. The number of nitrogens with zero attached hydrogens (tertiary/aromatic N) is 1. The van der Waals surface area contributed by atoms with Gasteiger partial charge in [0.15, 0.2) is 0 Å². The number of methoxy groups -OCH3 is 1. The molecule has 0 bridgehead atoms. The first-order valence-corrected chi connectivity index (χ1v) is 7.34. The molecule has 0 aliphatic rings. The van der Waals surface area contributed by atoms with E-state index >= 15 is 0 Å². The lowest BCUT2D eigenvalue weighted by molar-refractivity contribution is 0.0794. The molecule has 0 saturated carbocycles. The van der Waals surface area contributed by atoms with Crippen LogP contribution in [0.1, 0.15) is 22.3 Å². The van der Waals surface area contributed by atoms with Crippen molar-refractivity contribution in [3.05, 3.63) is 59.7 Å². The molecule has 0 spiro atoms. The highest BCUT2D eigenvalue weighted by Crippen LogP contribution is 2.15. The minimum atomic E-state index is -0.0344. The van der Waals surface area contributed by atoms with Gasteiger partial charge in [0.2, 0.25) is 0 Å². The van der Waals surface area contributed by atoms with Gasteiger partial charge in [0.1, 0.15) is 5.75 Å². The lowest BCUT2D eigenvalue weighted by Gasteiger charge is -2.18. The molecule has 0 aliphatic carbocycles. The van der Waals surface area contributed by atoms with Crippen LogP contribution in [0.3, 0.4) is 0 Å². The first kappa shape index (κ1) is 15.9. The first-order chi connectivity index (χ1) is 10.6. The van der Waals surface area contributed by atoms with E-state index < -0.39 is 0 Å². The SMILES string of the molecule is COc1ccc(CCCN(C)C(=O)c2ccccc2N)cc1. The summed E-state index contributed by atoms with van der Waals surface area (Å²) >= 11 is 0. The number of hydrogen-bond acceptors (Lipinski definition) is 3. The maximum absolute atomic E-state index is 12.3. The number of amides is 1. The van der Waals surface area contributed by atoms with E-state index in [-0.39, 0.29) is 5.91 Å². The van der Waals surface area contributed by atoms with Crippen molar-refractivity contribution < 1.29 is 9.53 Å². The number of carbonyl (C=O) groups excluding carboxylic acids is 1. The second kappa shape index (κ2) is 7.50. The standard InChI is InChI=1S/C18H22N2O2/c1-20(18(21)16-7-3-4-8-17(16)19)13-5-6-14-9-11-15(22-2)12-10-14/h3-4,7-12H,5-6,13,19H2,1-2H3. The molecule has 2 rings (SSSR count). The fourth-order valence-corrected chi connectivity index (χ4v) is 2.31. The molecule has 0 radical (unpaired) electrons. The highest BCUT2D eigenvalue weighted by atomic mass is 16.5. The average molecular weight is 298 g/mol. The van der Waals surface area contributed by atoms with Crippen molar-refractivity contribution in [2.75, 3.05) is 26.4 Å². The average Bonchev–Trinajstić information content (AvgIpc) is 2.55. The largest absolute Gasteiger partial charge is 0.497 e. The topological polar surface area (TPSA) is 55.6 Å². The molecule has 1 amide bonds. The number of rotatable bonds is 6. The summed E-state index contributed by atoms with van der Waals surface area (Å²) < 4.78 is 5.14. The first-order valence-electron chi connectivity index (χ1n) is 7.34. The van der Waals surface area contributed by atoms with E-state index in [0.29, 0.717) is 17.8 Å². The molecule has 2 N–H and O–H groups in total. The zero-order chi connectivity index (χ0) is 15.9. The van der Waals surface area contributed by atoms with Gasteiger partial charge in [-0.15, -0.1) is 0 Å². The third-order valence-corrected chi connectivity index (χ3v) is 3.66. The zero-order valence-corrected chi connectivity index (χ0v) is 13.1. The van der Waals surface area contributed by atoms with Crippen molar-refractivity contribution in [3.8, 4) is 5.75 Å². The molecule has 116 valence electrons. The molecule has 0 atom stereocenters. The number of carbonyl (C=O) groups is 1. The van der Waals surface area contributed by atoms with Crippen LogP contribution in [0.25, 0.3) is 0 Å². The Morgan fingerprint density at radius 1 is 1.14 bits per heavy atom. The highest BCUT2D eigenvalue weighted by Gasteiger charge is 2.13. The zero-order valence-electron chi connectivity index (χ0n) is 13.1. The summed E-state index contributed by atoms with van der Waals surface area (Å²) in [6.45, 7) is 0.694. The van der Waals surface area contributed by atoms with Gasteiger partial charge in [0.05, 0.1) is 12.7 Å². The summed E-state index contributed by atoms with van der Waals surface area (Å²) in [4.78, 5) is 14.0. The van der Waals surface area contributed by atoms with E-state index in [2.05, 4.69) is 12.1 Å². The summed E-state index contributed by atoms with van der Waals surface area (Å²) in [7, 11) is 3.47. The van der Waals surface area contributed by atoms with Crippen LogP contribution in [-0.2, 0) is 6.42 Å². The Morgan fingerprint density at radius 3 is 2.45 bits per heavy atom. The summed E-state index contributed by atoms with van der Waals surface area (Å²) in [5.74, 6) is 0.823. The van der Waals surface area contributed by atoms with Crippen molar-refractivity contribution in [1.29, 1.82) is 0 Å². The molecule has 4 nitrogen and oxygen atoms in total. The molecule has 4 heteroatoms. The molecule has 0 heterocycles. The normalized spacial score (nSPS) is 10.3. The second-order valence-electron chi connectivity index (χ2n) is 5.27. The molecule has 0 aromatic heterocycles. The Hall–Kier alpha value is -2.49. The van der Waals surface area contributed by atoms with Gasteiger partial charge < -0.3 is 15.4 Å². The maximum atomic E-state index is 12.3. The van der Waals surface area contributed by atoms with Crippen LogP contribution in [0.2, 0.25) is 0 Å². The predicted octanol–water partition coefficient (Wildman–Crippen LogP) is 2.98. The van der Waals surface area contributed by atoms with Crippen LogP contribution in [-0.4, -0.2) is 31.5 Å². The van der Waals surface area contributed by atoms with E-state index in [1.54, 1.807) is 24.1 Å². The monoisotopic (exact) mass is 298 g/mol. The molecule has 0 fully saturated rings. The number of aryl methyl sites for hydroxylation is 1. The predicted molar refractivity (Wildman–Crippen MR) is 89.1 cm³/mol. The molecular weight excluding hydrogens is 276 g/mol. The number of anilines is 1. The fraction of sp³-hybridized carbons (Fsp3) is 0.278. The minimum Gasteiger partial charge on any atom is -0.497 e. The highest BCUT2D eigenvalue weighted by molar-refractivity contribution is 5.98. The van der Waals surface area contributed by atoms with E-state index in [0.717, 1.165) is 18.6 Å². The Labute approximate surface area is 131 Å². The van der Waals surface area contributed by atoms with Gasteiger partial charge in [-0.2, -0.15) is 0 Å². The van der Waals surface area contributed by atoms with Crippen LogP contribution in [0.4, 0.5) is 5.69 Å². The minimum absolute atomic E-state index is 0.0344. The third-order valence-electron chi connectivity index (χ3n) is 3.66. The Kier molecular flexibility index (Phi) is 5.42. The second-order valence-corrected chi connectivity index (χ2v) is 5.27. The Bertz CT molecular complexity index is 623. The number of nitrogen functional groups attached to an aromatic ring is 1. The number of hydrogen-bond donors (Lipinski definition) is 1. The van der Waals surface area contributed by atoms with Gasteiger partial charge in [-0.25, -0.2) is 0 Å². The van der Waals surface area contributed by atoms with Gasteiger partial charge in [-0.05, 0) is 42.7 Å². The molecular formula is C18H22N2O2. The van der Waals surface area contributed by atoms with Crippen LogP contribution in [0, 0.1) is 0 Å². The van der Waals surface area contributed by atoms with Gasteiger partial charge in [-0.1, -0.05) is 24.3 Å². The number of ether oxygens (including phenoxy) is 1. The summed E-state index contributed by atoms with van der Waals surface area (Å²) in [5.41, 5.74) is 8.17. The molecule has 0 unspecified atom stereocenters. The Morgan fingerprint density at radius 2 is 1.82 bits per heavy atom. The number of benzene rings is 2. The van der Waals surface area contributed by atoms with Crippen LogP contribution < -0.4 is 10.5 Å². The van der Waals surface area contributed by atoms with Crippen LogP contribution in [0.15, 0.2) is 48.5 Å². The van der Waals surface area contributed by atoms with Crippen molar-refractivity contribution in [2.24, 2.45) is 0 Å². The lowest BCUT2D eigenvalue weighted by Crippen LogP contribution is -2.28. The van der Waals surface area contributed by atoms with Gasteiger partial charge in [-0.3, -0.25) is 4.79 Å². The summed E-state index contributed by atoms with van der Waals surface area (Å²) in [6, 6.07) is 15.2. The van der Waals surface area contributed by atoms with E-state index in [9.17, 15) is 4.79 Å². The smallest absolute Gasteiger partial charge is 0.255 e. The van der Waals surface area contributed by atoms with E-state index in [1.165, 1.54) is 5.56 Å². The lowest BCUT2D eigenvalue weighted by atomic mass is 10.1. The Balaban J connectivity index is 1.85. The molecule has 2 aromatic rings. The van der Waals surface area contributed by atoms with Crippen LogP contribution in [0.5, 0.6) is 5.75 Å². The quantitative estimate of drug-likeness (QED) is 0.834. The molecule has 0 aliphatic heterocycles. The van der Waals surface area contributed by atoms with Crippen molar-refractivity contribution in [2.45, 2.75) is 12.8 Å². The molecule has 22 heavy (non-hydrogen) atoms. The fourth-order valence-electron chi connectivity index (χ4n) is 2.31. The van der Waals surface area contributed by atoms with E-state index in [4.69, 9.17) is 10.5 Å². The van der Waals surface area contributed by atoms with Crippen molar-refractivity contribution >= 4 is 11.6 Å². The molecule has 2 aromatic carbocycles. The van der Waals surface area contributed by atoms with Gasteiger partial charge in [0, 0.05) is 19.3 Å². The van der Waals surface area contributed by atoms with Gasteiger partial charge in [0.25, 0.3) is 5.91 Å². The number of para-hydroxylation sites is 1. The van der Waals surface area contributed by atoms with Crippen LogP contribution >= 0.6 is 0 Å².